The van der Waals surface area contributed by atoms with Gasteiger partial charge in [0, 0.05) is 10.6 Å². The average molecular weight is 292 g/mol. The molecule has 1 atom stereocenters. The van der Waals surface area contributed by atoms with Gasteiger partial charge in [0.25, 0.3) is 0 Å². The van der Waals surface area contributed by atoms with Crippen molar-refractivity contribution in [3.8, 4) is 11.5 Å². The fourth-order valence-electron chi connectivity index (χ4n) is 1.54. The maximum atomic E-state index is 10.9. The highest BCUT2D eigenvalue weighted by atomic mass is 32.2. The zero-order valence-corrected chi connectivity index (χ0v) is 10.9. The zero-order chi connectivity index (χ0) is 14.7. The number of nitrogen functional groups attached to an aromatic ring is 1. The summed E-state index contributed by atoms with van der Waals surface area (Å²) in [6, 6.07) is 9.98. The van der Waals surface area contributed by atoms with Crippen LogP contribution >= 0.6 is 0 Å². The van der Waals surface area contributed by atoms with Crippen LogP contribution in [-0.2, 0) is 11.1 Å². The molecule has 0 aliphatic rings. The monoisotopic (exact) mass is 292 g/mol. The smallest absolute Gasteiger partial charge is 0.337 e. The number of hydrogen-bond acceptors (Lipinski definition) is 5. The Morgan fingerprint density at radius 1 is 1.15 bits per heavy atom. The molecule has 0 saturated heterocycles. The first-order valence-electron chi connectivity index (χ1n) is 5.47. The van der Waals surface area contributed by atoms with Gasteiger partial charge in [0.1, 0.15) is 11.5 Å². The summed E-state index contributed by atoms with van der Waals surface area (Å²) in [6.45, 7) is 0. The number of anilines is 1. The van der Waals surface area contributed by atoms with Crippen LogP contribution in [0.15, 0.2) is 47.4 Å². The van der Waals surface area contributed by atoms with Crippen LogP contribution in [0.5, 0.6) is 11.5 Å². The van der Waals surface area contributed by atoms with E-state index in [9.17, 15) is 13.6 Å². The molecule has 0 heterocycles. The number of carbonyl (C=O) groups is 1. The van der Waals surface area contributed by atoms with Gasteiger partial charge in [0.2, 0.25) is 0 Å². The first-order valence-corrected chi connectivity index (χ1v) is 6.55. The minimum absolute atomic E-state index is 0.0558. The molecule has 1 unspecified atom stereocenters. The van der Waals surface area contributed by atoms with Gasteiger partial charge in [-0.2, -0.15) is 0 Å². The molecule has 2 aromatic carbocycles. The lowest BCUT2D eigenvalue weighted by Crippen LogP contribution is -2.02. The lowest BCUT2D eigenvalue weighted by atomic mass is 10.2. The molecule has 0 aliphatic heterocycles. The minimum Gasteiger partial charge on any atom is -0.768 e. The topological polar surface area (TPSA) is 113 Å². The van der Waals surface area contributed by atoms with E-state index >= 15 is 0 Å². The largest absolute Gasteiger partial charge is 0.768 e. The molecule has 0 aliphatic carbocycles. The Morgan fingerprint density at radius 3 is 2.30 bits per heavy atom. The van der Waals surface area contributed by atoms with Gasteiger partial charge < -0.3 is 20.1 Å². The molecule has 7 heteroatoms. The van der Waals surface area contributed by atoms with E-state index < -0.39 is 17.0 Å². The van der Waals surface area contributed by atoms with Gasteiger partial charge in [-0.15, -0.1) is 0 Å². The van der Waals surface area contributed by atoms with E-state index in [1.54, 1.807) is 0 Å². The van der Waals surface area contributed by atoms with Crippen molar-refractivity contribution < 1.29 is 23.4 Å². The van der Waals surface area contributed by atoms with Crippen LogP contribution in [0.25, 0.3) is 0 Å². The van der Waals surface area contributed by atoms with Crippen molar-refractivity contribution in [3.63, 3.8) is 0 Å². The minimum atomic E-state index is -2.30. The van der Waals surface area contributed by atoms with E-state index in [2.05, 4.69) is 0 Å². The molecule has 0 amide bonds. The average Bonchev–Trinajstić information content (AvgIpc) is 2.41. The molecule has 0 radical (unpaired) electrons. The van der Waals surface area contributed by atoms with Gasteiger partial charge in [-0.1, -0.05) is 0 Å². The Morgan fingerprint density at radius 2 is 1.75 bits per heavy atom. The second-order valence-corrected chi connectivity index (χ2v) is 4.80. The van der Waals surface area contributed by atoms with Crippen LogP contribution in [0.2, 0.25) is 0 Å². The Bertz CT molecular complexity index is 669. The van der Waals surface area contributed by atoms with Gasteiger partial charge in [0.05, 0.1) is 5.56 Å². The highest BCUT2D eigenvalue weighted by Gasteiger charge is 2.09. The van der Waals surface area contributed by atoms with E-state index in [1.165, 1.54) is 42.5 Å². The Labute approximate surface area is 117 Å². The summed E-state index contributed by atoms with van der Waals surface area (Å²) in [5.74, 6) is -0.460. The highest BCUT2D eigenvalue weighted by molar-refractivity contribution is 7.79. The van der Waals surface area contributed by atoms with Crippen LogP contribution < -0.4 is 10.5 Å². The molecular weight excluding hydrogens is 282 g/mol. The van der Waals surface area contributed by atoms with E-state index in [4.69, 9.17) is 15.6 Å². The molecule has 0 saturated carbocycles. The molecule has 0 bridgehead atoms. The van der Waals surface area contributed by atoms with E-state index in [0.717, 1.165) is 0 Å². The van der Waals surface area contributed by atoms with Crippen molar-refractivity contribution in [1.82, 2.24) is 0 Å². The third-order valence-corrected chi connectivity index (χ3v) is 3.16. The van der Waals surface area contributed by atoms with E-state index in [1.807, 2.05) is 0 Å². The molecule has 0 fully saturated rings. The number of hydrogen-bond donors (Lipinski definition) is 2. The molecule has 2 aromatic rings. The number of carboxylic acid groups (broad SMARTS) is 1. The number of benzene rings is 2. The van der Waals surface area contributed by atoms with Crippen molar-refractivity contribution in [2.24, 2.45) is 0 Å². The van der Waals surface area contributed by atoms with Gasteiger partial charge in [-0.3, -0.25) is 4.21 Å². The molecule has 20 heavy (non-hydrogen) atoms. The van der Waals surface area contributed by atoms with Crippen molar-refractivity contribution in [2.45, 2.75) is 4.90 Å². The molecule has 6 nitrogen and oxygen atoms in total. The fraction of sp³-hybridized carbons (Fsp3) is 0. The number of rotatable bonds is 4. The van der Waals surface area contributed by atoms with Crippen LogP contribution in [-0.4, -0.2) is 19.8 Å². The lowest BCUT2D eigenvalue weighted by Gasteiger charge is -2.09. The van der Waals surface area contributed by atoms with Gasteiger partial charge >= 0.3 is 5.97 Å². The van der Waals surface area contributed by atoms with E-state index in [0.29, 0.717) is 11.5 Å². The SMILES string of the molecule is Nc1ccc(Oc2ccc(S(=O)[O-])cc2)cc1C(=O)O. The predicted octanol–water partition coefficient (Wildman–Crippen LogP) is 2.00. The second kappa shape index (κ2) is 5.72. The van der Waals surface area contributed by atoms with Gasteiger partial charge in [-0.05, 0) is 53.5 Å². The summed E-state index contributed by atoms with van der Waals surface area (Å²) in [5, 5.41) is 8.95. The second-order valence-electron chi connectivity index (χ2n) is 3.86. The molecule has 0 spiro atoms. The van der Waals surface area contributed by atoms with Gasteiger partial charge in [0.15, 0.2) is 0 Å². The fourth-order valence-corrected chi connectivity index (χ4v) is 1.90. The van der Waals surface area contributed by atoms with Gasteiger partial charge in [-0.25, -0.2) is 4.79 Å². The third kappa shape index (κ3) is 3.14. The molecule has 2 rings (SSSR count). The number of nitrogens with two attached hydrogens (primary N) is 1. The first kappa shape index (κ1) is 14.0. The summed E-state index contributed by atoms with van der Waals surface area (Å²) < 4.78 is 26.9. The lowest BCUT2D eigenvalue weighted by molar-refractivity contribution is 0.0697. The molecule has 0 aromatic heterocycles. The third-order valence-electron chi connectivity index (χ3n) is 2.51. The summed E-state index contributed by atoms with van der Waals surface area (Å²) in [4.78, 5) is 11.1. The molecular formula is C13H10NO5S-. The number of carboxylic acids is 1. The van der Waals surface area contributed by atoms with Crippen LogP contribution in [0, 0.1) is 0 Å². The molecule has 3 N–H and O–H groups in total. The Kier molecular flexibility index (Phi) is 4.02. The maximum absolute atomic E-state index is 10.9. The van der Waals surface area contributed by atoms with Crippen molar-refractivity contribution in [1.29, 1.82) is 0 Å². The van der Waals surface area contributed by atoms with Crippen molar-refractivity contribution in [3.05, 3.63) is 48.0 Å². The zero-order valence-electron chi connectivity index (χ0n) is 10.1. The summed E-state index contributed by atoms with van der Waals surface area (Å²) in [5.41, 5.74) is 5.62. The summed E-state index contributed by atoms with van der Waals surface area (Å²) in [7, 11) is 0. The van der Waals surface area contributed by atoms with Crippen molar-refractivity contribution >= 4 is 22.7 Å². The molecule has 104 valence electrons. The quantitative estimate of drug-likeness (QED) is 0.658. The van der Waals surface area contributed by atoms with Crippen LogP contribution in [0.4, 0.5) is 5.69 Å². The standard InChI is InChI=1S/C13H11NO5S/c14-12-6-3-9(7-11(12)13(15)16)19-8-1-4-10(5-2-8)20(17)18/h1-7H,14H2,(H,15,16)(H,17,18)/p-1. The van der Waals surface area contributed by atoms with Crippen molar-refractivity contribution in [2.75, 3.05) is 5.73 Å². The van der Waals surface area contributed by atoms with Crippen LogP contribution in [0.3, 0.4) is 0 Å². The summed E-state index contributed by atoms with van der Waals surface area (Å²) >= 11 is -2.30. The normalized spacial score (nSPS) is 11.8. The maximum Gasteiger partial charge on any atom is 0.337 e. The Hall–Kier alpha value is -2.38. The highest BCUT2D eigenvalue weighted by Crippen LogP contribution is 2.25. The Balaban J connectivity index is 2.23. The van der Waals surface area contributed by atoms with E-state index in [-0.39, 0.29) is 16.1 Å². The van der Waals surface area contributed by atoms with Crippen LogP contribution in [0.1, 0.15) is 10.4 Å². The number of ether oxygens (including phenoxy) is 1. The first-order chi connectivity index (χ1) is 9.47. The summed E-state index contributed by atoms with van der Waals surface area (Å²) in [6.07, 6.45) is 0. The number of aromatic carboxylic acids is 1. The predicted molar refractivity (Wildman–Crippen MR) is 71.5 cm³/mol.